The van der Waals surface area contributed by atoms with Crippen LogP contribution in [-0.4, -0.2) is 66.4 Å². The van der Waals surface area contributed by atoms with Crippen molar-refractivity contribution in [1.29, 1.82) is 0 Å². The molecule has 2 aliphatic heterocycles. The van der Waals surface area contributed by atoms with E-state index in [-0.39, 0.29) is 37.1 Å². The van der Waals surface area contributed by atoms with Gasteiger partial charge in [-0.05, 0) is 31.5 Å². The number of anilines is 1. The molecule has 2 aliphatic rings. The molecule has 16 heteroatoms. The van der Waals surface area contributed by atoms with Gasteiger partial charge in [-0.1, -0.05) is 6.08 Å². The van der Waals surface area contributed by atoms with Crippen LogP contribution >= 0.6 is 11.8 Å². The summed E-state index contributed by atoms with van der Waals surface area (Å²) < 4.78 is 120. The summed E-state index contributed by atoms with van der Waals surface area (Å²) in [6.07, 6.45) is -9.99. The molecule has 3 rings (SSSR count). The molecular weight excluding hydrogens is 531 g/mol. The van der Waals surface area contributed by atoms with Crippen molar-refractivity contribution in [2.24, 2.45) is 5.73 Å². The van der Waals surface area contributed by atoms with Gasteiger partial charge < -0.3 is 15.7 Å². The number of amides is 1. The maximum Gasteiger partial charge on any atom is 0.427 e. The summed E-state index contributed by atoms with van der Waals surface area (Å²) in [4.78, 5) is 12.6. The second-order valence-corrected chi connectivity index (χ2v) is 11.4. The zero-order valence-corrected chi connectivity index (χ0v) is 19.5. The van der Waals surface area contributed by atoms with Gasteiger partial charge in [0.2, 0.25) is 10.0 Å². The van der Waals surface area contributed by atoms with E-state index in [1.54, 1.807) is 0 Å². The molecule has 7 nitrogen and oxygen atoms in total. The van der Waals surface area contributed by atoms with Crippen LogP contribution in [-0.2, 0) is 21.0 Å². The van der Waals surface area contributed by atoms with Crippen molar-refractivity contribution in [3.05, 3.63) is 39.9 Å². The summed E-state index contributed by atoms with van der Waals surface area (Å²) in [5.41, 5.74) is -0.766. The molecule has 1 aromatic rings. The first kappa shape index (κ1) is 27.5. The lowest BCUT2D eigenvalue weighted by molar-refractivity contribution is -0.249. The fourth-order valence-corrected chi connectivity index (χ4v) is 7.59. The third kappa shape index (κ3) is 4.97. The first-order chi connectivity index (χ1) is 15.9. The number of carbonyl (C=O) groups excluding carboxylic acids is 1. The number of nitrogens with two attached hydrogens (primary N) is 1. The van der Waals surface area contributed by atoms with E-state index in [1.165, 1.54) is 11.8 Å². The lowest BCUT2D eigenvalue weighted by atomic mass is 9.95. The van der Waals surface area contributed by atoms with E-state index in [9.17, 15) is 49.1 Å². The van der Waals surface area contributed by atoms with Crippen molar-refractivity contribution in [2.45, 2.75) is 42.6 Å². The number of primary amides is 1. The molecular formula is C19H20F7N3O4S2. The van der Waals surface area contributed by atoms with Crippen LogP contribution < -0.4 is 10.6 Å². The summed E-state index contributed by atoms with van der Waals surface area (Å²) in [6, 6.07) is 1.21. The Balaban J connectivity index is 1.80. The lowest BCUT2D eigenvalue weighted by Gasteiger charge is -2.41. The minimum atomic E-state index is -5.45. The summed E-state index contributed by atoms with van der Waals surface area (Å²) >= 11 is 0.137. The van der Waals surface area contributed by atoms with E-state index in [0.717, 1.165) is 22.5 Å². The first-order valence-corrected chi connectivity index (χ1v) is 12.3. The largest absolute Gasteiger partial charge is 0.427 e. The number of thioether (sulfide) groups is 1. The highest BCUT2D eigenvalue weighted by atomic mass is 32.3. The van der Waals surface area contributed by atoms with Gasteiger partial charge in [0.1, 0.15) is 10.1 Å². The van der Waals surface area contributed by atoms with Crippen molar-refractivity contribution in [2.75, 3.05) is 24.5 Å². The smallest absolute Gasteiger partial charge is 0.372 e. The summed E-state index contributed by atoms with van der Waals surface area (Å²) in [5.74, 6) is -3.17. The normalized spacial score (nSPS) is 24.3. The van der Waals surface area contributed by atoms with Gasteiger partial charge in [0.15, 0.2) is 0 Å². The van der Waals surface area contributed by atoms with E-state index < -0.39 is 67.2 Å². The molecule has 0 aromatic heterocycles. The van der Waals surface area contributed by atoms with Gasteiger partial charge >= 0.3 is 12.4 Å². The van der Waals surface area contributed by atoms with Crippen LogP contribution in [0.4, 0.5) is 36.4 Å². The molecule has 3 N–H and O–H groups in total. The van der Waals surface area contributed by atoms with Gasteiger partial charge in [0.25, 0.3) is 11.5 Å². The number of halogens is 7. The highest BCUT2D eigenvalue weighted by molar-refractivity contribution is 8.18. The number of benzene rings is 1. The van der Waals surface area contributed by atoms with Crippen LogP contribution in [0.15, 0.2) is 28.5 Å². The maximum atomic E-state index is 13.4. The van der Waals surface area contributed by atoms with Crippen molar-refractivity contribution < 1.29 is 49.1 Å². The maximum absolute atomic E-state index is 13.4. The highest BCUT2D eigenvalue weighted by Gasteiger charge is 2.64. The molecule has 0 aliphatic carbocycles. The van der Waals surface area contributed by atoms with Gasteiger partial charge in [-0.15, -0.1) is 11.8 Å². The predicted molar refractivity (Wildman–Crippen MR) is 113 cm³/mol. The van der Waals surface area contributed by atoms with E-state index in [0.29, 0.717) is 6.07 Å². The van der Waals surface area contributed by atoms with Crippen molar-refractivity contribution in [3.8, 4) is 0 Å². The Morgan fingerprint density at radius 1 is 1.17 bits per heavy atom. The fraction of sp³-hybridized carbons (Fsp3) is 0.526. The van der Waals surface area contributed by atoms with Crippen LogP contribution in [0.5, 0.6) is 0 Å². The second-order valence-electron chi connectivity index (χ2n) is 8.06. The van der Waals surface area contributed by atoms with Gasteiger partial charge in [0, 0.05) is 31.4 Å². The van der Waals surface area contributed by atoms with Crippen LogP contribution in [0, 0.1) is 5.82 Å². The Kier molecular flexibility index (Phi) is 7.18. The Hall–Kier alpha value is -2.04. The third-order valence-electron chi connectivity index (χ3n) is 5.76. The number of rotatable bonds is 5. The van der Waals surface area contributed by atoms with Crippen molar-refractivity contribution in [3.63, 3.8) is 0 Å². The summed E-state index contributed by atoms with van der Waals surface area (Å²) in [7, 11) is -4.41. The first-order valence-electron chi connectivity index (χ1n) is 10.00. The molecule has 2 heterocycles. The van der Waals surface area contributed by atoms with E-state index in [4.69, 9.17) is 5.73 Å². The third-order valence-corrected chi connectivity index (χ3v) is 9.74. The van der Waals surface area contributed by atoms with E-state index in [1.807, 2.05) is 0 Å². The summed E-state index contributed by atoms with van der Waals surface area (Å²) in [5, 5.41) is 8.02. The number of alkyl halides is 6. The van der Waals surface area contributed by atoms with E-state index >= 15 is 0 Å². The number of hydrogen-bond acceptors (Lipinski definition) is 6. The minimum Gasteiger partial charge on any atom is -0.372 e. The molecule has 1 aromatic carbocycles. The average molecular weight is 552 g/mol. The average Bonchev–Trinajstić information content (AvgIpc) is 3.22. The Morgan fingerprint density at radius 3 is 2.31 bits per heavy atom. The zero-order valence-electron chi connectivity index (χ0n) is 17.9. The second kappa shape index (κ2) is 9.12. The zero-order chi connectivity index (χ0) is 26.6. The molecule has 35 heavy (non-hydrogen) atoms. The molecule has 0 bridgehead atoms. The molecule has 0 spiro atoms. The van der Waals surface area contributed by atoms with Crippen LogP contribution in [0.1, 0.15) is 18.9 Å². The van der Waals surface area contributed by atoms with Gasteiger partial charge in [-0.3, -0.25) is 4.79 Å². The highest BCUT2D eigenvalue weighted by Crippen LogP contribution is 2.48. The number of allylic oxidation sites excluding steroid dienone is 1. The number of sulfonamides is 1. The van der Waals surface area contributed by atoms with Crippen molar-refractivity contribution in [1.82, 2.24) is 4.31 Å². The number of carbonyl (C=O) groups is 1. The Labute approximate surface area is 199 Å². The molecule has 196 valence electrons. The standard InChI is InChI=1S/C19H20F7N3O4S2/c1-10-9-28(13-3-2-11(20)8-12(13)18(21,22)23)6-7-29(10)35(32,33)15-5-4-14(34-15)17(31,16(27)30)19(24,25)26/h2-3,5,8,10,14,31H,4,6-7,9H2,1H3,(H2,27,30)/t10-,14?,17-/m1/s1. The molecule has 0 radical (unpaired) electrons. The van der Waals surface area contributed by atoms with E-state index in [2.05, 4.69) is 0 Å². The van der Waals surface area contributed by atoms with Crippen molar-refractivity contribution >= 4 is 33.4 Å². The molecule has 1 amide bonds. The monoisotopic (exact) mass is 551 g/mol. The van der Waals surface area contributed by atoms with Gasteiger partial charge in [0.05, 0.1) is 10.8 Å². The number of hydrogen-bond donors (Lipinski definition) is 2. The molecule has 3 atom stereocenters. The number of piperazine rings is 1. The topological polar surface area (TPSA) is 104 Å². The molecule has 1 unspecified atom stereocenters. The Morgan fingerprint density at radius 2 is 1.80 bits per heavy atom. The lowest BCUT2D eigenvalue weighted by Crippen LogP contribution is -2.61. The summed E-state index contributed by atoms with van der Waals surface area (Å²) in [6.45, 7) is 0.643. The molecule has 1 fully saturated rings. The minimum absolute atomic E-state index is 0.137. The Bertz CT molecular complexity index is 1140. The van der Waals surface area contributed by atoms with Crippen LogP contribution in [0.3, 0.4) is 0 Å². The predicted octanol–water partition coefficient (Wildman–Crippen LogP) is 2.81. The molecule has 1 saturated heterocycles. The SMILES string of the molecule is C[C@@H]1CN(c2ccc(F)cc2C(F)(F)F)CCN1S(=O)(=O)C1=CCC([C@@](O)(C(N)=O)C(F)(F)F)S1. The van der Waals surface area contributed by atoms with Crippen LogP contribution in [0.25, 0.3) is 0 Å². The number of nitrogens with zero attached hydrogens (tertiary/aromatic N) is 2. The molecule has 0 saturated carbocycles. The fourth-order valence-electron chi connectivity index (χ4n) is 3.99. The van der Waals surface area contributed by atoms with Gasteiger partial charge in [-0.2, -0.15) is 30.6 Å². The number of aliphatic hydroxyl groups is 1. The van der Waals surface area contributed by atoms with Gasteiger partial charge in [-0.25, -0.2) is 12.8 Å². The van der Waals surface area contributed by atoms with Crippen LogP contribution in [0.2, 0.25) is 0 Å². The quantitative estimate of drug-likeness (QED) is 0.546.